The molecule has 1 atom stereocenters. The van der Waals surface area contributed by atoms with E-state index in [9.17, 15) is 0 Å². The van der Waals surface area contributed by atoms with Crippen LogP contribution in [0.15, 0.2) is 24.3 Å². The van der Waals surface area contributed by atoms with Crippen LogP contribution in [-0.4, -0.2) is 11.8 Å². The van der Waals surface area contributed by atoms with Crippen molar-refractivity contribution in [3.8, 4) is 6.07 Å². The highest BCUT2D eigenvalue weighted by molar-refractivity contribution is 7.98. The van der Waals surface area contributed by atoms with E-state index in [2.05, 4.69) is 6.07 Å². The summed E-state index contributed by atoms with van der Waals surface area (Å²) in [5, 5.41) is 8.84. The van der Waals surface area contributed by atoms with Gasteiger partial charge in [-0.05, 0) is 18.6 Å². The predicted molar refractivity (Wildman–Crippen MR) is 61.0 cm³/mol. The van der Waals surface area contributed by atoms with Crippen molar-refractivity contribution in [3.05, 3.63) is 35.4 Å². The minimum atomic E-state index is 0.217. The molecule has 0 aliphatic carbocycles. The Morgan fingerprint density at radius 3 is 2.86 bits per heavy atom. The van der Waals surface area contributed by atoms with Gasteiger partial charge in [-0.1, -0.05) is 18.2 Å². The van der Waals surface area contributed by atoms with Crippen molar-refractivity contribution in [1.82, 2.24) is 0 Å². The summed E-state index contributed by atoms with van der Waals surface area (Å²) < 4.78 is 0. The first kappa shape index (κ1) is 11.1. The van der Waals surface area contributed by atoms with Crippen LogP contribution in [0, 0.1) is 11.3 Å². The molecule has 74 valence electrons. The van der Waals surface area contributed by atoms with Crippen molar-refractivity contribution in [2.75, 3.05) is 5.75 Å². The number of nitriles is 1. The molecule has 1 unspecified atom stereocenters. The predicted octanol–water partition coefficient (Wildman–Crippen LogP) is 2.14. The minimum absolute atomic E-state index is 0.217. The molecule has 0 saturated carbocycles. The third-order valence-electron chi connectivity index (χ3n) is 1.78. The van der Waals surface area contributed by atoms with E-state index in [0.717, 1.165) is 22.6 Å². The Kier molecular flexibility index (Phi) is 4.51. The second-order valence-corrected chi connectivity index (χ2v) is 4.29. The third-order valence-corrected chi connectivity index (χ3v) is 3.05. The lowest BCUT2D eigenvalue weighted by atomic mass is 10.1. The highest BCUT2D eigenvalue weighted by Gasteiger charge is 2.01. The molecule has 0 aliphatic heterocycles. The summed E-state index contributed by atoms with van der Waals surface area (Å²) >= 11 is 1.77. The first-order chi connectivity index (χ1) is 6.74. The molecule has 2 nitrogen and oxygen atoms in total. The maximum atomic E-state index is 8.84. The Labute approximate surface area is 89.1 Å². The second-order valence-electron chi connectivity index (χ2n) is 3.26. The van der Waals surface area contributed by atoms with Gasteiger partial charge in [0.1, 0.15) is 0 Å². The van der Waals surface area contributed by atoms with Crippen LogP contribution in [0.4, 0.5) is 0 Å². The number of hydrogen-bond donors (Lipinski definition) is 1. The monoisotopic (exact) mass is 206 g/mol. The van der Waals surface area contributed by atoms with Crippen molar-refractivity contribution in [2.24, 2.45) is 5.73 Å². The summed E-state index contributed by atoms with van der Waals surface area (Å²) in [5.41, 5.74) is 7.51. The molecule has 0 radical (unpaired) electrons. The summed E-state index contributed by atoms with van der Waals surface area (Å²) in [4.78, 5) is 0. The summed E-state index contributed by atoms with van der Waals surface area (Å²) in [6.45, 7) is 1.99. The van der Waals surface area contributed by atoms with E-state index < -0.39 is 0 Å². The van der Waals surface area contributed by atoms with Gasteiger partial charge in [-0.3, -0.25) is 0 Å². The van der Waals surface area contributed by atoms with E-state index in [-0.39, 0.29) is 6.04 Å². The highest BCUT2D eigenvalue weighted by Crippen LogP contribution is 2.16. The third kappa shape index (κ3) is 3.41. The van der Waals surface area contributed by atoms with Gasteiger partial charge in [-0.15, -0.1) is 0 Å². The van der Waals surface area contributed by atoms with Crippen molar-refractivity contribution < 1.29 is 0 Å². The average Bonchev–Trinajstić information content (AvgIpc) is 2.18. The molecule has 1 aromatic rings. The van der Waals surface area contributed by atoms with Gasteiger partial charge in [0.2, 0.25) is 0 Å². The van der Waals surface area contributed by atoms with Gasteiger partial charge in [0, 0.05) is 17.5 Å². The van der Waals surface area contributed by atoms with E-state index in [1.807, 2.05) is 31.2 Å². The Morgan fingerprint density at radius 1 is 1.50 bits per heavy atom. The largest absolute Gasteiger partial charge is 0.327 e. The van der Waals surface area contributed by atoms with Crippen LogP contribution in [0.3, 0.4) is 0 Å². The van der Waals surface area contributed by atoms with Crippen LogP contribution in [0.5, 0.6) is 0 Å². The second kappa shape index (κ2) is 5.69. The maximum Gasteiger partial charge on any atom is 0.0994 e. The van der Waals surface area contributed by atoms with E-state index in [1.165, 1.54) is 0 Å². The van der Waals surface area contributed by atoms with Gasteiger partial charge in [0.15, 0.2) is 0 Å². The number of thioether (sulfide) groups is 1. The van der Waals surface area contributed by atoms with Crippen LogP contribution in [0.1, 0.15) is 18.1 Å². The first-order valence-corrected chi connectivity index (χ1v) is 5.71. The molecule has 0 saturated heterocycles. The summed E-state index contributed by atoms with van der Waals surface area (Å²) in [6.07, 6.45) is 0. The lowest BCUT2D eigenvalue weighted by molar-refractivity contribution is 0.847. The molecule has 1 aromatic carbocycles. The van der Waals surface area contributed by atoms with E-state index in [4.69, 9.17) is 11.0 Å². The molecule has 0 bridgehead atoms. The number of rotatable bonds is 4. The van der Waals surface area contributed by atoms with E-state index >= 15 is 0 Å². The van der Waals surface area contributed by atoms with Crippen LogP contribution >= 0.6 is 11.8 Å². The smallest absolute Gasteiger partial charge is 0.0994 e. The number of benzene rings is 1. The summed E-state index contributed by atoms with van der Waals surface area (Å²) in [6, 6.07) is 10.1. The molecule has 0 amide bonds. The van der Waals surface area contributed by atoms with Crippen LogP contribution in [0.25, 0.3) is 0 Å². The molecule has 14 heavy (non-hydrogen) atoms. The maximum absolute atomic E-state index is 8.84. The van der Waals surface area contributed by atoms with Crippen LogP contribution < -0.4 is 5.73 Å². The van der Waals surface area contributed by atoms with Crippen molar-refractivity contribution >= 4 is 11.8 Å². The van der Waals surface area contributed by atoms with Gasteiger partial charge >= 0.3 is 0 Å². The van der Waals surface area contributed by atoms with Gasteiger partial charge in [-0.2, -0.15) is 17.0 Å². The van der Waals surface area contributed by atoms with E-state index in [0.29, 0.717) is 0 Å². The number of nitrogens with zero attached hydrogens (tertiary/aromatic N) is 1. The lowest BCUT2D eigenvalue weighted by Crippen LogP contribution is -2.17. The molecule has 3 heteroatoms. The number of hydrogen-bond acceptors (Lipinski definition) is 3. The SMILES string of the molecule is CC(N)CSCc1ccccc1C#N. The zero-order valence-corrected chi connectivity index (χ0v) is 9.05. The first-order valence-electron chi connectivity index (χ1n) is 4.55. The molecule has 0 fully saturated rings. The van der Waals surface area contributed by atoms with Gasteiger partial charge < -0.3 is 5.73 Å². The standard InChI is InChI=1S/C11H14N2S/c1-9(13)7-14-8-11-5-3-2-4-10(11)6-12/h2-5,9H,7-8,13H2,1H3. The molecular formula is C11H14N2S. The molecule has 1 rings (SSSR count). The zero-order valence-electron chi connectivity index (χ0n) is 8.23. The molecule has 0 heterocycles. The Balaban J connectivity index is 2.54. The Hall–Kier alpha value is -0.980. The fraction of sp³-hybridized carbons (Fsp3) is 0.364. The number of nitrogens with two attached hydrogens (primary N) is 1. The molecule has 0 spiro atoms. The topological polar surface area (TPSA) is 49.8 Å². The van der Waals surface area contributed by atoms with Crippen molar-refractivity contribution in [3.63, 3.8) is 0 Å². The Morgan fingerprint density at radius 2 is 2.21 bits per heavy atom. The molecule has 0 aromatic heterocycles. The van der Waals surface area contributed by atoms with Crippen molar-refractivity contribution in [1.29, 1.82) is 5.26 Å². The van der Waals surface area contributed by atoms with Gasteiger partial charge in [0.05, 0.1) is 11.6 Å². The average molecular weight is 206 g/mol. The highest BCUT2D eigenvalue weighted by atomic mass is 32.2. The lowest BCUT2D eigenvalue weighted by Gasteiger charge is -2.05. The van der Waals surface area contributed by atoms with Gasteiger partial charge in [0.25, 0.3) is 0 Å². The molecule has 0 aliphatic rings. The van der Waals surface area contributed by atoms with E-state index in [1.54, 1.807) is 11.8 Å². The minimum Gasteiger partial charge on any atom is -0.327 e. The quantitative estimate of drug-likeness (QED) is 0.821. The fourth-order valence-corrected chi connectivity index (χ4v) is 2.07. The molecule has 2 N–H and O–H groups in total. The normalized spacial score (nSPS) is 12.1. The van der Waals surface area contributed by atoms with Gasteiger partial charge in [-0.25, -0.2) is 0 Å². The summed E-state index contributed by atoms with van der Waals surface area (Å²) in [5.74, 6) is 1.80. The fourth-order valence-electron chi connectivity index (χ4n) is 1.11. The molecular weight excluding hydrogens is 192 g/mol. The van der Waals surface area contributed by atoms with Crippen molar-refractivity contribution in [2.45, 2.75) is 18.7 Å². The van der Waals surface area contributed by atoms with Crippen LogP contribution in [0.2, 0.25) is 0 Å². The Bertz CT molecular complexity index is 328. The summed E-state index contributed by atoms with van der Waals surface area (Å²) in [7, 11) is 0. The van der Waals surface area contributed by atoms with Crippen LogP contribution in [-0.2, 0) is 5.75 Å². The zero-order chi connectivity index (χ0) is 10.4.